The minimum Gasteiger partial charge on any atom is -0.480 e. The number of hydrogen-bond acceptors (Lipinski definition) is 3. The number of carboxylic acid groups (broad SMARTS) is 1. The minimum atomic E-state index is -0.977. The Morgan fingerprint density at radius 3 is 2.50 bits per heavy atom. The Balaban J connectivity index is 3.74. The molecule has 0 aromatic carbocycles. The molecule has 0 spiro atoms. The number of rotatable bonds is 7. The zero-order valence-electron chi connectivity index (χ0n) is 8.67. The van der Waals surface area contributed by atoms with Crippen LogP contribution in [0.3, 0.4) is 0 Å². The summed E-state index contributed by atoms with van der Waals surface area (Å²) in [5, 5.41) is 14.0. The van der Waals surface area contributed by atoms with Crippen LogP contribution in [0.4, 0.5) is 0 Å². The maximum atomic E-state index is 11.2. The second-order valence-corrected chi connectivity index (χ2v) is 3.07. The third-order valence-electron chi connectivity index (χ3n) is 1.87. The first kappa shape index (κ1) is 12.9. The number of carboxylic acids is 1. The lowest BCUT2D eigenvalue weighted by atomic mass is 10.2. The summed E-state index contributed by atoms with van der Waals surface area (Å²) in [7, 11) is 1.81. The van der Waals surface area contributed by atoms with Gasteiger partial charge in [-0.2, -0.15) is 0 Å². The molecule has 3 N–H and O–H groups in total. The molecule has 0 saturated heterocycles. The van der Waals surface area contributed by atoms with Gasteiger partial charge < -0.3 is 15.7 Å². The van der Waals surface area contributed by atoms with E-state index in [0.29, 0.717) is 12.8 Å². The Morgan fingerprint density at radius 2 is 2.07 bits per heavy atom. The maximum absolute atomic E-state index is 11.2. The highest BCUT2D eigenvalue weighted by atomic mass is 16.4. The molecule has 0 aliphatic carbocycles. The highest BCUT2D eigenvalue weighted by Gasteiger charge is 2.16. The highest BCUT2D eigenvalue weighted by Crippen LogP contribution is 1.94. The predicted molar refractivity (Wildman–Crippen MR) is 53.0 cm³/mol. The quantitative estimate of drug-likeness (QED) is 0.506. The van der Waals surface area contributed by atoms with Gasteiger partial charge in [0.05, 0.1) is 0 Å². The van der Waals surface area contributed by atoms with Gasteiger partial charge in [0.15, 0.2) is 0 Å². The van der Waals surface area contributed by atoms with E-state index in [2.05, 4.69) is 10.6 Å². The Hall–Kier alpha value is -1.10. The van der Waals surface area contributed by atoms with Gasteiger partial charge in [0.2, 0.25) is 5.91 Å². The van der Waals surface area contributed by atoms with Crippen molar-refractivity contribution in [2.24, 2.45) is 0 Å². The maximum Gasteiger partial charge on any atom is 0.326 e. The lowest BCUT2D eigenvalue weighted by molar-refractivity contribution is -0.141. The minimum absolute atomic E-state index is 0.200. The molecule has 0 aromatic heterocycles. The molecule has 0 heterocycles. The zero-order valence-corrected chi connectivity index (χ0v) is 8.67. The van der Waals surface area contributed by atoms with Crippen LogP contribution in [0.5, 0.6) is 0 Å². The van der Waals surface area contributed by atoms with Crippen molar-refractivity contribution in [2.45, 2.75) is 32.2 Å². The van der Waals surface area contributed by atoms with E-state index < -0.39 is 12.0 Å². The first-order chi connectivity index (χ1) is 6.61. The normalized spacial score (nSPS) is 12.1. The van der Waals surface area contributed by atoms with Crippen LogP contribution in [0, 0.1) is 0 Å². The molecule has 0 fully saturated rings. The van der Waals surface area contributed by atoms with Crippen LogP contribution in [0.2, 0.25) is 0 Å². The molecule has 0 aliphatic rings. The molecular weight excluding hydrogens is 184 g/mol. The standard InChI is InChI=1S/C9H18N2O3/c1-3-7(9(13)14)11-8(12)5-4-6-10-2/h7,10H,3-6H2,1-2H3,(H,11,12)(H,13,14). The summed E-state index contributed by atoms with van der Waals surface area (Å²) in [6.07, 6.45) is 1.50. The fraction of sp³-hybridized carbons (Fsp3) is 0.778. The summed E-state index contributed by atoms with van der Waals surface area (Å²) in [6, 6.07) is -0.753. The van der Waals surface area contributed by atoms with E-state index in [-0.39, 0.29) is 5.91 Å². The Bertz CT molecular complexity index is 194. The van der Waals surface area contributed by atoms with Gasteiger partial charge in [-0.3, -0.25) is 4.79 Å². The molecule has 0 radical (unpaired) electrons. The first-order valence-electron chi connectivity index (χ1n) is 4.78. The molecule has 1 unspecified atom stereocenters. The van der Waals surface area contributed by atoms with Crippen LogP contribution in [0.25, 0.3) is 0 Å². The average Bonchev–Trinajstić information content (AvgIpc) is 2.14. The SMILES string of the molecule is CCC(NC(=O)CCCNC)C(=O)O. The van der Waals surface area contributed by atoms with Crippen LogP contribution in [0.1, 0.15) is 26.2 Å². The third-order valence-corrected chi connectivity index (χ3v) is 1.87. The van der Waals surface area contributed by atoms with E-state index in [9.17, 15) is 9.59 Å². The number of carbonyl (C=O) groups excluding carboxylic acids is 1. The average molecular weight is 202 g/mol. The summed E-state index contributed by atoms with van der Waals surface area (Å²) in [5.74, 6) is -1.18. The van der Waals surface area contributed by atoms with Crippen molar-refractivity contribution in [1.82, 2.24) is 10.6 Å². The van der Waals surface area contributed by atoms with Gasteiger partial charge in [-0.1, -0.05) is 6.92 Å². The van der Waals surface area contributed by atoms with E-state index in [0.717, 1.165) is 13.0 Å². The van der Waals surface area contributed by atoms with Crippen molar-refractivity contribution in [3.05, 3.63) is 0 Å². The molecular formula is C9H18N2O3. The Morgan fingerprint density at radius 1 is 1.43 bits per heavy atom. The van der Waals surface area contributed by atoms with E-state index >= 15 is 0 Å². The largest absolute Gasteiger partial charge is 0.480 e. The number of amides is 1. The van der Waals surface area contributed by atoms with Crippen LogP contribution >= 0.6 is 0 Å². The van der Waals surface area contributed by atoms with E-state index in [1.54, 1.807) is 6.92 Å². The molecule has 1 atom stereocenters. The smallest absolute Gasteiger partial charge is 0.326 e. The van der Waals surface area contributed by atoms with Crippen molar-refractivity contribution in [2.75, 3.05) is 13.6 Å². The van der Waals surface area contributed by atoms with Crippen molar-refractivity contribution >= 4 is 11.9 Å². The lowest BCUT2D eigenvalue weighted by Gasteiger charge is -2.11. The fourth-order valence-electron chi connectivity index (χ4n) is 1.03. The van der Waals surface area contributed by atoms with Gasteiger partial charge in [-0.25, -0.2) is 4.79 Å². The molecule has 0 bridgehead atoms. The summed E-state index contributed by atoms with van der Waals surface area (Å²) in [6.45, 7) is 2.49. The van der Waals surface area contributed by atoms with Gasteiger partial charge in [0.25, 0.3) is 0 Å². The summed E-state index contributed by atoms with van der Waals surface area (Å²) in [5.41, 5.74) is 0. The fourth-order valence-corrected chi connectivity index (χ4v) is 1.03. The number of hydrogen-bond donors (Lipinski definition) is 3. The van der Waals surface area contributed by atoms with Gasteiger partial charge in [-0.15, -0.1) is 0 Å². The second kappa shape index (κ2) is 7.32. The molecule has 0 saturated carbocycles. The van der Waals surface area contributed by atoms with E-state index in [4.69, 9.17) is 5.11 Å². The first-order valence-corrected chi connectivity index (χ1v) is 4.78. The monoisotopic (exact) mass is 202 g/mol. The molecule has 82 valence electrons. The van der Waals surface area contributed by atoms with Crippen molar-refractivity contribution in [3.63, 3.8) is 0 Å². The van der Waals surface area contributed by atoms with Gasteiger partial charge in [0.1, 0.15) is 6.04 Å². The number of aliphatic carboxylic acids is 1. The molecule has 0 aliphatic heterocycles. The van der Waals surface area contributed by atoms with Crippen LogP contribution in [-0.2, 0) is 9.59 Å². The lowest BCUT2D eigenvalue weighted by Crippen LogP contribution is -2.40. The molecule has 0 rings (SSSR count). The van der Waals surface area contributed by atoms with E-state index in [1.807, 2.05) is 7.05 Å². The third kappa shape index (κ3) is 5.53. The van der Waals surface area contributed by atoms with Crippen molar-refractivity contribution in [3.8, 4) is 0 Å². The van der Waals surface area contributed by atoms with Crippen LogP contribution in [0.15, 0.2) is 0 Å². The molecule has 5 nitrogen and oxygen atoms in total. The zero-order chi connectivity index (χ0) is 11.0. The van der Waals surface area contributed by atoms with Gasteiger partial charge in [0, 0.05) is 6.42 Å². The predicted octanol–water partition coefficient (Wildman–Crippen LogP) is -0.0346. The molecule has 14 heavy (non-hydrogen) atoms. The second-order valence-electron chi connectivity index (χ2n) is 3.07. The van der Waals surface area contributed by atoms with E-state index in [1.165, 1.54) is 0 Å². The highest BCUT2D eigenvalue weighted by molar-refractivity contribution is 5.83. The van der Waals surface area contributed by atoms with Crippen molar-refractivity contribution in [1.29, 1.82) is 0 Å². The van der Waals surface area contributed by atoms with Gasteiger partial charge >= 0.3 is 5.97 Å². The van der Waals surface area contributed by atoms with Crippen LogP contribution in [-0.4, -0.2) is 36.6 Å². The van der Waals surface area contributed by atoms with Crippen LogP contribution < -0.4 is 10.6 Å². The van der Waals surface area contributed by atoms with Gasteiger partial charge in [-0.05, 0) is 26.4 Å². The topological polar surface area (TPSA) is 78.4 Å². The molecule has 0 aromatic rings. The Labute approximate surface area is 83.9 Å². The number of nitrogens with one attached hydrogen (secondary N) is 2. The summed E-state index contributed by atoms with van der Waals surface area (Å²) < 4.78 is 0. The summed E-state index contributed by atoms with van der Waals surface area (Å²) in [4.78, 5) is 21.8. The summed E-state index contributed by atoms with van der Waals surface area (Å²) >= 11 is 0. The molecule has 1 amide bonds. The van der Waals surface area contributed by atoms with Crippen molar-refractivity contribution < 1.29 is 14.7 Å². The molecule has 5 heteroatoms. The number of carbonyl (C=O) groups is 2. The Kier molecular flexibility index (Phi) is 6.74.